The van der Waals surface area contributed by atoms with E-state index in [1.165, 1.54) is 98.3 Å². The normalized spacial score (nSPS) is 12.3. The molecule has 0 bridgehead atoms. The molecule has 46 heavy (non-hydrogen) atoms. The van der Waals surface area contributed by atoms with Crippen molar-refractivity contribution < 1.29 is 0 Å². The van der Waals surface area contributed by atoms with Gasteiger partial charge in [-0.05, 0) is 81.7 Å². The van der Waals surface area contributed by atoms with Gasteiger partial charge in [0, 0.05) is 43.6 Å². The summed E-state index contributed by atoms with van der Waals surface area (Å²) in [6.07, 6.45) is 0. The molecule has 212 valence electrons. The van der Waals surface area contributed by atoms with Crippen LogP contribution in [0, 0.1) is 0 Å². The lowest BCUT2D eigenvalue weighted by Gasteiger charge is -2.12. The van der Waals surface area contributed by atoms with Crippen molar-refractivity contribution in [3.8, 4) is 16.8 Å². The third-order valence-electron chi connectivity index (χ3n) is 10.1. The zero-order valence-electron chi connectivity index (χ0n) is 24.9. The summed E-state index contributed by atoms with van der Waals surface area (Å²) in [5.41, 5.74) is 9.94. The third kappa shape index (κ3) is 3.10. The van der Waals surface area contributed by atoms with E-state index in [2.05, 4.69) is 167 Å². The smallest absolute Gasteiger partial charge is 0.0620 e. The van der Waals surface area contributed by atoms with Gasteiger partial charge in [0.05, 0.1) is 27.6 Å². The standard InChI is InChI=1S/C44H26N2/c1-2-15-32(16-3-1)45-40-20-9-8-17-34(40)35-19-10-18-33(43(35)45)31-23-38-36-21-27-11-4-6-13-29(27)25-41(36)46-42-26-30-14-7-5-12-28(30)22-37(42)39(24-31)44(38)46/h1-26H. The van der Waals surface area contributed by atoms with Gasteiger partial charge in [-0.3, -0.25) is 0 Å². The van der Waals surface area contributed by atoms with Gasteiger partial charge in [0.1, 0.15) is 0 Å². The summed E-state index contributed by atoms with van der Waals surface area (Å²) in [5, 5.41) is 12.8. The van der Waals surface area contributed by atoms with E-state index in [-0.39, 0.29) is 0 Å². The maximum Gasteiger partial charge on any atom is 0.0620 e. The van der Waals surface area contributed by atoms with Gasteiger partial charge in [0.25, 0.3) is 0 Å². The Hall–Kier alpha value is -6.12. The van der Waals surface area contributed by atoms with E-state index in [1.54, 1.807) is 0 Å². The van der Waals surface area contributed by atoms with Crippen LogP contribution in [0.15, 0.2) is 158 Å². The van der Waals surface area contributed by atoms with E-state index in [0.29, 0.717) is 0 Å². The van der Waals surface area contributed by atoms with E-state index in [1.807, 2.05) is 0 Å². The second-order valence-corrected chi connectivity index (χ2v) is 12.6. The third-order valence-corrected chi connectivity index (χ3v) is 10.1. The summed E-state index contributed by atoms with van der Waals surface area (Å²) < 4.78 is 4.96. The predicted octanol–water partition coefficient (Wildman–Crippen LogP) is 11.9. The average molecular weight is 583 g/mol. The number of benzene rings is 8. The van der Waals surface area contributed by atoms with Gasteiger partial charge < -0.3 is 8.97 Å². The van der Waals surface area contributed by atoms with Gasteiger partial charge in [-0.15, -0.1) is 0 Å². The van der Waals surface area contributed by atoms with E-state index in [9.17, 15) is 0 Å². The highest BCUT2D eigenvalue weighted by atomic mass is 15.0. The number of rotatable bonds is 2. The van der Waals surface area contributed by atoms with Crippen molar-refractivity contribution in [2.45, 2.75) is 0 Å². The lowest BCUT2D eigenvalue weighted by Crippen LogP contribution is -1.95. The van der Waals surface area contributed by atoms with Crippen LogP contribution < -0.4 is 0 Å². The molecule has 0 aliphatic rings. The summed E-state index contributed by atoms with van der Waals surface area (Å²) in [6.45, 7) is 0. The molecule has 0 spiro atoms. The number of fused-ring (bicyclic) bond motifs is 11. The van der Waals surface area contributed by atoms with Crippen LogP contribution in [0.5, 0.6) is 0 Å². The number of para-hydroxylation sites is 3. The lowest BCUT2D eigenvalue weighted by atomic mass is 9.96. The number of hydrogen-bond acceptors (Lipinski definition) is 0. The Kier molecular flexibility index (Phi) is 4.61. The molecule has 0 unspecified atom stereocenters. The van der Waals surface area contributed by atoms with Crippen LogP contribution in [0.3, 0.4) is 0 Å². The topological polar surface area (TPSA) is 9.34 Å². The van der Waals surface area contributed by atoms with Gasteiger partial charge >= 0.3 is 0 Å². The van der Waals surface area contributed by atoms with Crippen LogP contribution in [-0.4, -0.2) is 8.97 Å². The monoisotopic (exact) mass is 582 g/mol. The molecule has 0 aliphatic carbocycles. The van der Waals surface area contributed by atoms with Gasteiger partial charge in [0.15, 0.2) is 0 Å². The first-order valence-electron chi connectivity index (χ1n) is 15.9. The fourth-order valence-electron chi connectivity index (χ4n) is 8.17. The molecule has 2 heteroatoms. The van der Waals surface area contributed by atoms with Crippen LogP contribution in [0.2, 0.25) is 0 Å². The minimum absolute atomic E-state index is 1.17. The minimum atomic E-state index is 1.17. The Morgan fingerprint density at radius 2 is 0.870 bits per heavy atom. The first kappa shape index (κ1) is 24.2. The average Bonchev–Trinajstić information content (AvgIpc) is 3.74. The fraction of sp³-hybridized carbons (Fsp3) is 0. The SMILES string of the molecule is c1ccc(-n2c3ccccc3c3cccc(-c4cc5c6cc7ccccc7cc6n6c7cc8ccccc8cc7c(c4)c56)c32)cc1. The van der Waals surface area contributed by atoms with Crippen molar-refractivity contribution in [1.82, 2.24) is 8.97 Å². The molecule has 3 aromatic heterocycles. The molecule has 0 fully saturated rings. The Morgan fingerprint density at radius 1 is 0.326 bits per heavy atom. The van der Waals surface area contributed by atoms with Gasteiger partial charge in [0.2, 0.25) is 0 Å². The molecule has 3 heterocycles. The summed E-state index contributed by atoms with van der Waals surface area (Å²) in [7, 11) is 0. The van der Waals surface area contributed by atoms with Gasteiger partial charge in [-0.25, -0.2) is 0 Å². The maximum absolute atomic E-state index is 2.51. The van der Waals surface area contributed by atoms with Crippen molar-refractivity contribution in [2.24, 2.45) is 0 Å². The van der Waals surface area contributed by atoms with E-state index in [4.69, 9.17) is 0 Å². The van der Waals surface area contributed by atoms with E-state index < -0.39 is 0 Å². The number of aromatic nitrogens is 2. The zero-order chi connectivity index (χ0) is 29.9. The highest BCUT2D eigenvalue weighted by molar-refractivity contribution is 6.27. The maximum atomic E-state index is 2.51. The molecule has 0 atom stereocenters. The number of nitrogens with zero attached hydrogens (tertiary/aromatic N) is 2. The molecule has 0 aliphatic heterocycles. The minimum Gasteiger partial charge on any atom is -0.309 e. The number of hydrogen-bond donors (Lipinski definition) is 0. The Labute approximate surface area is 264 Å². The molecule has 0 saturated heterocycles. The molecule has 11 aromatic rings. The molecule has 11 rings (SSSR count). The van der Waals surface area contributed by atoms with Crippen LogP contribution in [0.4, 0.5) is 0 Å². The van der Waals surface area contributed by atoms with Crippen molar-refractivity contribution in [1.29, 1.82) is 0 Å². The van der Waals surface area contributed by atoms with Gasteiger partial charge in [-0.2, -0.15) is 0 Å². The zero-order valence-corrected chi connectivity index (χ0v) is 24.9. The molecule has 2 nitrogen and oxygen atoms in total. The molecule has 0 N–H and O–H groups in total. The summed E-state index contributed by atoms with van der Waals surface area (Å²) >= 11 is 0. The lowest BCUT2D eigenvalue weighted by molar-refractivity contribution is 1.18. The van der Waals surface area contributed by atoms with Crippen molar-refractivity contribution in [3.63, 3.8) is 0 Å². The molecule has 8 aromatic carbocycles. The van der Waals surface area contributed by atoms with Crippen LogP contribution >= 0.6 is 0 Å². The predicted molar refractivity (Wildman–Crippen MR) is 196 cm³/mol. The Morgan fingerprint density at radius 3 is 1.52 bits per heavy atom. The molecule has 0 radical (unpaired) electrons. The van der Waals surface area contributed by atoms with Crippen molar-refractivity contribution in [3.05, 3.63) is 158 Å². The van der Waals surface area contributed by atoms with E-state index in [0.717, 1.165) is 0 Å². The van der Waals surface area contributed by atoms with Crippen molar-refractivity contribution in [2.75, 3.05) is 0 Å². The van der Waals surface area contributed by atoms with Crippen molar-refractivity contribution >= 4 is 81.4 Å². The highest BCUT2D eigenvalue weighted by Crippen LogP contribution is 2.45. The summed E-state index contributed by atoms with van der Waals surface area (Å²) in [5.74, 6) is 0. The Balaban J connectivity index is 1.34. The van der Waals surface area contributed by atoms with Crippen LogP contribution in [-0.2, 0) is 0 Å². The summed E-state index contributed by atoms with van der Waals surface area (Å²) in [4.78, 5) is 0. The summed E-state index contributed by atoms with van der Waals surface area (Å²) in [6, 6.07) is 58.3. The molecule has 0 amide bonds. The fourth-order valence-corrected chi connectivity index (χ4v) is 8.17. The first-order chi connectivity index (χ1) is 22.8. The second kappa shape index (κ2) is 8.74. The highest BCUT2D eigenvalue weighted by Gasteiger charge is 2.22. The van der Waals surface area contributed by atoms with E-state index >= 15 is 0 Å². The Bertz CT molecular complexity index is 2890. The largest absolute Gasteiger partial charge is 0.309 e. The second-order valence-electron chi connectivity index (χ2n) is 12.6. The molecular weight excluding hydrogens is 556 g/mol. The quantitative estimate of drug-likeness (QED) is 0.192. The van der Waals surface area contributed by atoms with Gasteiger partial charge in [-0.1, -0.05) is 103 Å². The molecular formula is C44H26N2. The van der Waals surface area contributed by atoms with Crippen LogP contribution in [0.1, 0.15) is 0 Å². The molecule has 0 saturated carbocycles. The first-order valence-corrected chi connectivity index (χ1v) is 15.9. The van der Waals surface area contributed by atoms with Crippen LogP contribution in [0.25, 0.3) is 98.3 Å².